The molecule has 1 saturated carbocycles. The van der Waals surface area contributed by atoms with Crippen molar-refractivity contribution in [2.24, 2.45) is 0 Å². The van der Waals surface area contributed by atoms with Crippen LogP contribution in [-0.2, 0) is 11.3 Å². The number of hydrogen-bond donors (Lipinski definition) is 1. The molecule has 0 unspecified atom stereocenters. The van der Waals surface area contributed by atoms with Crippen molar-refractivity contribution < 1.29 is 14.6 Å². The molecule has 116 valence electrons. The van der Waals surface area contributed by atoms with Gasteiger partial charge in [0.1, 0.15) is 5.75 Å². The fourth-order valence-corrected chi connectivity index (χ4v) is 2.82. The molecular weight excluding hydrogens is 290 g/mol. The minimum atomic E-state index is -0.782. The molecule has 1 aliphatic rings. The van der Waals surface area contributed by atoms with Crippen LogP contribution in [0.5, 0.6) is 5.75 Å². The number of ether oxygens (including phenoxy) is 1. The van der Waals surface area contributed by atoms with Gasteiger partial charge in [-0.3, -0.25) is 4.79 Å². The molecule has 0 amide bonds. The van der Waals surface area contributed by atoms with E-state index in [9.17, 15) is 4.79 Å². The highest BCUT2D eigenvalue weighted by molar-refractivity contribution is 6.30. The summed E-state index contributed by atoms with van der Waals surface area (Å²) in [6.07, 6.45) is 5.11. The molecule has 0 spiro atoms. The van der Waals surface area contributed by atoms with E-state index in [2.05, 4.69) is 0 Å². The van der Waals surface area contributed by atoms with Crippen molar-refractivity contribution in [3.8, 4) is 5.75 Å². The molecular formula is C16H22ClNO3. The van der Waals surface area contributed by atoms with E-state index in [1.54, 1.807) is 0 Å². The van der Waals surface area contributed by atoms with E-state index in [1.165, 1.54) is 12.8 Å². The van der Waals surface area contributed by atoms with Crippen LogP contribution in [-0.4, -0.2) is 35.7 Å². The van der Waals surface area contributed by atoms with Crippen LogP contribution in [0.4, 0.5) is 0 Å². The van der Waals surface area contributed by atoms with Crippen molar-refractivity contribution in [1.82, 2.24) is 4.90 Å². The standard InChI is InChI=1S/C16H22ClNO3/c1-18(9-8-16(19)20)11-12-10-13(17)6-7-15(12)21-14-4-2-3-5-14/h6-7,10,14H,2-5,8-9,11H2,1H3,(H,19,20). The van der Waals surface area contributed by atoms with Crippen LogP contribution in [0.3, 0.4) is 0 Å². The summed E-state index contributed by atoms with van der Waals surface area (Å²) in [7, 11) is 1.91. The molecule has 0 bridgehead atoms. The van der Waals surface area contributed by atoms with E-state index >= 15 is 0 Å². The third kappa shape index (κ3) is 5.21. The molecule has 0 radical (unpaired) electrons. The molecule has 5 heteroatoms. The molecule has 1 aromatic rings. The third-order valence-corrected chi connectivity index (χ3v) is 4.00. The lowest BCUT2D eigenvalue weighted by Crippen LogP contribution is -2.22. The van der Waals surface area contributed by atoms with Crippen molar-refractivity contribution in [3.63, 3.8) is 0 Å². The second-order valence-electron chi connectivity index (χ2n) is 5.66. The van der Waals surface area contributed by atoms with Gasteiger partial charge in [-0.2, -0.15) is 0 Å². The van der Waals surface area contributed by atoms with Crippen LogP contribution >= 0.6 is 11.6 Å². The van der Waals surface area contributed by atoms with Crippen LogP contribution in [0.15, 0.2) is 18.2 Å². The fraction of sp³-hybridized carbons (Fsp3) is 0.562. The minimum absolute atomic E-state index is 0.135. The van der Waals surface area contributed by atoms with Gasteiger partial charge in [0.25, 0.3) is 0 Å². The molecule has 0 aliphatic heterocycles. The lowest BCUT2D eigenvalue weighted by Gasteiger charge is -2.20. The van der Waals surface area contributed by atoms with Crippen molar-refractivity contribution in [2.75, 3.05) is 13.6 Å². The van der Waals surface area contributed by atoms with Crippen molar-refractivity contribution in [1.29, 1.82) is 0 Å². The Labute approximate surface area is 130 Å². The van der Waals surface area contributed by atoms with E-state index in [0.717, 1.165) is 24.2 Å². The Hall–Kier alpha value is -1.26. The van der Waals surface area contributed by atoms with Gasteiger partial charge >= 0.3 is 5.97 Å². The van der Waals surface area contributed by atoms with E-state index in [0.29, 0.717) is 24.2 Å². The summed E-state index contributed by atoms with van der Waals surface area (Å²) in [4.78, 5) is 12.6. The van der Waals surface area contributed by atoms with Gasteiger partial charge in [-0.25, -0.2) is 0 Å². The number of rotatable bonds is 7. The van der Waals surface area contributed by atoms with Gasteiger partial charge in [0.05, 0.1) is 12.5 Å². The summed E-state index contributed by atoms with van der Waals surface area (Å²) in [5.41, 5.74) is 1.02. The number of carbonyl (C=O) groups is 1. The summed E-state index contributed by atoms with van der Waals surface area (Å²) in [5.74, 6) is 0.0869. The van der Waals surface area contributed by atoms with Crippen LogP contribution in [0, 0.1) is 0 Å². The summed E-state index contributed by atoms with van der Waals surface area (Å²) in [6.45, 7) is 1.14. The number of hydrogen-bond acceptors (Lipinski definition) is 3. The topological polar surface area (TPSA) is 49.8 Å². The second kappa shape index (κ2) is 7.66. The number of halogens is 1. The minimum Gasteiger partial charge on any atom is -0.490 e. The predicted octanol–water partition coefficient (Wildman–Crippen LogP) is 3.57. The number of carboxylic acids is 1. The summed E-state index contributed by atoms with van der Waals surface area (Å²) >= 11 is 6.08. The van der Waals surface area contributed by atoms with Crippen molar-refractivity contribution >= 4 is 17.6 Å². The fourth-order valence-electron chi connectivity index (χ4n) is 2.63. The number of benzene rings is 1. The maximum Gasteiger partial charge on any atom is 0.304 e. The molecule has 1 fully saturated rings. The van der Waals surface area contributed by atoms with E-state index in [1.807, 2.05) is 30.1 Å². The average molecular weight is 312 g/mol. The lowest BCUT2D eigenvalue weighted by molar-refractivity contribution is -0.137. The molecule has 2 rings (SSSR count). The molecule has 0 atom stereocenters. The zero-order valence-corrected chi connectivity index (χ0v) is 13.1. The van der Waals surface area contributed by atoms with E-state index in [-0.39, 0.29) is 6.42 Å². The van der Waals surface area contributed by atoms with E-state index < -0.39 is 5.97 Å². The Morgan fingerprint density at radius 3 is 2.81 bits per heavy atom. The zero-order chi connectivity index (χ0) is 15.2. The van der Waals surface area contributed by atoms with Crippen LogP contribution in [0.25, 0.3) is 0 Å². The van der Waals surface area contributed by atoms with Gasteiger partial charge in [-0.1, -0.05) is 11.6 Å². The largest absolute Gasteiger partial charge is 0.490 e. The predicted molar refractivity (Wildman–Crippen MR) is 82.9 cm³/mol. The zero-order valence-electron chi connectivity index (χ0n) is 12.3. The molecule has 4 nitrogen and oxygen atoms in total. The summed E-state index contributed by atoms with van der Waals surface area (Å²) < 4.78 is 6.09. The van der Waals surface area contributed by atoms with Crippen LogP contribution in [0.1, 0.15) is 37.7 Å². The Morgan fingerprint density at radius 2 is 2.14 bits per heavy atom. The number of nitrogens with zero attached hydrogens (tertiary/aromatic N) is 1. The Morgan fingerprint density at radius 1 is 1.43 bits per heavy atom. The van der Waals surface area contributed by atoms with E-state index in [4.69, 9.17) is 21.4 Å². The van der Waals surface area contributed by atoms with Gasteiger partial charge in [0, 0.05) is 23.7 Å². The molecule has 0 aromatic heterocycles. The third-order valence-electron chi connectivity index (χ3n) is 3.77. The molecule has 1 aliphatic carbocycles. The molecule has 0 saturated heterocycles. The highest BCUT2D eigenvalue weighted by Gasteiger charge is 2.18. The molecule has 1 aromatic carbocycles. The van der Waals surface area contributed by atoms with Crippen LogP contribution < -0.4 is 4.74 Å². The van der Waals surface area contributed by atoms with Gasteiger partial charge in [0.15, 0.2) is 0 Å². The Kier molecular flexibility index (Phi) is 5.88. The highest BCUT2D eigenvalue weighted by Crippen LogP contribution is 2.29. The summed E-state index contributed by atoms with van der Waals surface area (Å²) in [6, 6.07) is 5.66. The maximum absolute atomic E-state index is 10.6. The molecule has 1 N–H and O–H groups in total. The maximum atomic E-state index is 10.6. The SMILES string of the molecule is CN(CCC(=O)O)Cc1cc(Cl)ccc1OC1CCCC1. The molecule has 0 heterocycles. The van der Waals surface area contributed by atoms with Crippen molar-refractivity contribution in [3.05, 3.63) is 28.8 Å². The monoisotopic (exact) mass is 311 g/mol. The number of aliphatic carboxylic acids is 1. The van der Waals surface area contributed by atoms with Gasteiger partial charge < -0.3 is 14.7 Å². The Bertz CT molecular complexity index is 486. The van der Waals surface area contributed by atoms with Gasteiger partial charge in [0.2, 0.25) is 0 Å². The Balaban J connectivity index is 2.01. The first kappa shape index (κ1) is 16.1. The lowest BCUT2D eigenvalue weighted by atomic mass is 10.1. The average Bonchev–Trinajstić information content (AvgIpc) is 2.92. The smallest absolute Gasteiger partial charge is 0.304 e. The van der Waals surface area contributed by atoms with Crippen LogP contribution in [0.2, 0.25) is 5.02 Å². The normalized spacial score (nSPS) is 15.6. The summed E-state index contributed by atoms with van der Waals surface area (Å²) in [5, 5.41) is 9.42. The molecule has 21 heavy (non-hydrogen) atoms. The first-order chi connectivity index (χ1) is 10.0. The van der Waals surface area contributed by atoms with Crippen molar-refractivity contribution in [2.45, 2.75) is 44.8 Å². The quantitative estimate of drug-likeness (QED) is 0.836. The first-order valence-corrected chi connectivity index (χ1v) is 7.78. The first-order valence-electron chi connectivity index (χ1n) is 7.40. The highest BCUT2D eigenvalue weighted by atomic mass is 35.5. The second-order valence-corrected chi connectivity index (χ2v) is 6.09. The van der Waals surface area contributed by atoms with Gasteiger partial charge in [-0.05, 0) is 50.9 Å². The number of carboxylic acid groups (broad SMARTS) is 1. The van der Waals surface area contributed by atoms with Gasteiger partial charge in [-0.15, -0.1) is 0 Å².